The standard InChI is InChI=1S/C10H15NO3/c1-5-7(3)9(10(13)14-4)11-8(12)6-2/h2,7,9H,5H2,1,3-4H3,(H,11,12)/t7-,9-/m0/s1. The third-order valence-corrected chi connectivity index (χ3v) is 2.09. The van der Waals surface area contributed by atoms with E-state index in [1.54, 1.807) is 0 Å². The van der Waals surface area contributed by atoms with Crippen LogP contribution in [0.1, 0.15) is 20.3 Å². The Morgan fingerprint density at radius 3 is 2.50 bits per heavy atom. The molecule has 0 spiro atoms. The largest absolute Gasteiger partial charge is 0.467 e. The van der Waals surface area contributed by atoms with Gasteiger partial charge in [-0.25, -0.2) is 4.79 Å². The highest BCUT2D eigenvalue weighted by Gasteiger charge is 2.25. The van der Waals surface area contributed by atoms with Gasteiger partial charge in [-0.2, -0.15) is 0 Å². The molecule has 0 aromatic heterocycles. The number of amides is 1. The minimum Gasteiger partial charge on any atom is -0.467 e. The maximum absolute atomic E-state index is 11.3. The SMILES string of the molecule is C#CC(=O)N[C@H](C(=O)OC)[C@@H](C)CC. The molecule has 1 N–H and O–H groups in total. The lowest BCUT2D eigenvalue weighted by atomic mass is 9.99. The molecule has 0 saturated heterocycles. The van der Waals surface area contributed by atoms with Gasteiger partial charge in [-0.3, -0.25) is 4.79 Å². The molecule has 4 nitrogen and oxygen atoms in total. The van der Waals surface area contributed by atoms with Crippen LogP contribution >= 0.6 is 0 Å². The Kier molecular flexibility index (Phi) is 5.38. The van der Waals surface area contributed by atoms with Gasteiger partial charge in [-0.1, -0.05) is 20.3 Å². The summed E-state index contributed by atoms with van der Waals surface area (Å²) in [5, 5.41) is 2.42. The molecule has 0 aromatic carbocycles. The molecule has 0 aliphatic heterocycles. The van der Waals surface area contributed by atoms with Gasteiger partial charge in [-0.05, 0) is 11.8 Å². The van der Waals surface area contributed by atoms with Crippen molar-refractivity contribution in [2.24, 2.45) is 5.92 Å². The van der Waals surface area contributed by atoms with Gasteiger partial charge >= 0.3 is 5.97 Å². The van der Waals surface area contributed by atoms with Crippen LogP contribution in [0.15, 0.2) is 0 Å². The molecule has 4 heteroatoms. The summed E-state index contributed by atoms with van der Waals surface area (Å²) in [4.78, 5) is 22.2. The van der Waals surface area contributed by atoms with Gasteiger partial charge in [0, 0.05) is 0 Å². The van der Waals surface area contributed by atoms with Crippen LogP contribution in [-0.4, -0.2) is 25.0 Å². The van der Waals surface area contributed by atoms with E-state index in [1.165, 1.54) is 7.11 Å². The average Bonchev–Trinajstić information content (AvgIpc) is 2.23. The monoisotopic (exact) mass is 197 g/mol. The Hall–Kier alpha value is -1.50. The molecule has 0 aliphatic carbocycles. The summed E-state index contributed by atoms with van der Waals surface area (Å²) in [6.07, 6.45) is 5.64. The van der Waals surface area contributed by atoms with Crippen LogP contribution in [0.5, 0.6) is 0 Å². The number of nitrogens with one attached hydrogen (secondary N) is 1. The molecule has 0 saturated carbocycles. The first-order chi connectivity index (χ1) is 6.56. The van der Waals surface area contributed by atoms with Gasteiger partial charge in [0.05, 0.1) is 7.11 Å². The van der Waals surface area contributed by atoms with Crippen LogP contribution in [0.25, 0.3) is 0 Å². The Bertz CT molecular complexity index is 255. The van der Waals surface area contributed by atoms with Gasteiger partial charge < -0.3 is 10.1 Å². The number of carbonyl (C=O) groups excluding carboxylic acids is 2. The van der Waals surface area contributed by atoms with Gasteiger partial charge in [0.1, 0.15) is 6.04 Å². The second kappa shape index (κ2) is 6.03. The predicted molar refractivity (Wildman–Crippen MR) is 52.2 cm³/mol. The Labute approximate surface area is 84.0 Å². The molecule has 0 aliphatic rings. The lowest BCUT2D eigenvalue weighted by Crippen LogP contribution is -2.45. The molecule has 0 rings (SSSR count). The van der Waals surface area contributed by atoms with E-state index in [9.17, 15) is 9.59 Å². The van der Waals surface area contributed by atoms with E-state index in [2.05, 4.69) is 10.1 Å². The fourth-order valence-electron chi connectivity index (χ4n) is 0.979. The van der Waals surface area contributed by atoms with Crippen LogP contribution in [0.2, 0.25) is 0 Å². The van der Waals surface area contributed by atoms with E-state index in [4.69, 9.17) is 6.42 Å². The van der Waals surface area contributed by atoms with Crippen molar-refractivity contribution in [3.8, 4) is 12.3 Å². The number of hydrogen-bond acceptors (Lipinski definition) is 3. The summed E-state index contributed by atoms with van der Waals surface area (Å²) < 4.78 is 4.56. The van der Waals surface area contributed by atoms with E-state index in [0.29, 0.717) is 0 Å². The first-order valence-electron chi connectivity index (χ1n) is 4.41. The first kappa shape index (κ1) is 12.5. The second-order valence-corrected chi connectivity index (χ2v) is 3.00. The first-order valence-corrected chi connectivity index (χ1v) is 4.41. The molecule has 1 amide bonds. The summed E-state index contributed by atoms with van der Waals surface area (Å²) in [5.74, 6) is 0.829. The Morgan fingerprint density at radius 2 is 2.14 bits per heavy atom. The molecular weight excluding hydrogens is 182 g/mol. The number of carbonyl (C=O) groups is 2. The summed E-state index contributed by atoms with van der Waals surface area (Å²) in [6, 6.07) is -0.659. The average molecular weight is 197 g/mol. The van der Waals surface area contributed by atoms with Crippen molar-refractivity contribution in [2.75, 3.05) is 7.11 Å². The quantitative estimate of drug-likeness (QED) is 0.521. The van der Waals surface area contributed by atoms with Gasteiger partial charge in [0.2, 0.25) is 0 Å². The summed E-state index contributed by atoms with van der Waals surface area (Å²) in [6.45, 7) is 3.76. The van der Waals surface area contributed by atoms with E-state index in [-0.39, 0.29) is 5.92 Å². The number of esters is 1. The van der Waals surface area contributed by atoms with Crippen molar-refractivity contribution in [2.45, 2.75) is 26.3 Å². The molecule has 0 fully saturated rings. The van der Waals surface area contributed by atoms with Crippen molar-refractivity contribution in [3.05, 3.63) is 0 Å². The van der Waals surface area contributed by atoms with Gasteiger partial charge in [-0.15, -0.1) is 6.42 Å². The maximum Gasteiger partial charge on any atom is 0.328 e. The number of methoxy groups -OCH3 is 1. The van der Waals surface area contributed by atoms with Crippen LogP contribution in [0.3, 0.4) is 0 Å². The molecular formula is C10H15NO3. The van der Waals surface area contributed by atoms with Crippen LogP contribution in [0.4, 0.5) is 0 Å². The van der Waals surface area contributed by atoms with Crippen LogP contribution in [-0.2, 0) is 14.3 Å². The smallest absolute Gasteiger partial charge is 0.328 e. The Morgan fingerprint density at radius 1 is 1.57 bits per heavy atom. The number of hydrogen-bond donors (Lipinski definition) is 1. The third-order valence-electron chi connectivity index (χ3n) is 2.09. The molecule has 0 bridgehead atoms. The van der Waals surface area contributed by atoms with Gasteiger partial charge in [0.25, 0.3) is 5.91 Å². The molecule has 0 heterocycles. The van der Waals surface area contributed by atoms with Gasteiger partial charge in [0.15, 0.2) is 0 Å². The highest BCUT2D eigenvalue weighted by Crippen LogP contribution is 2.08. The number of rotatable bonds is 4. The van der Waals surface area contributed by atoms with Crippen molar-refractivity contribution in [1.82, 2.24) is 5.32 Å². The third kappa shape index (κ3) is 3.48. The molecule has 14 heavy (non-hydrogen) atoms. The summed E-state index contributed by atoms with van der Waals surface area (Å²) in [7, 11) is 1.28. The zero-order chi connectivity index (χ0) is 11.1. The van der Waals surface area contributed by atoms with Crippen LogP contribution in [0, 0.1) is 18.3 Å². The Balaban J connectivity index is 4.49. The highest BCUT2D eigenvalue weighted by atomic mass is 16.5. The second-order valence-electron chi connectivity index (χ2n) is 3.00. The molecule has 0 radical (unpaired) electrons. The molecule has 0 aromatic rings. The predicted octanol–water partition coefficient (Wildman–Crippen LogP) is 0.323. The number of terminal acetylenes is 1. The zero-order valence-electron chi connectivity index (χ0n) is 8.66. The van der Waals surface area contributed by atoms with Crippen LogP contribution < -0.4 is 5.32 Å². The molecule has 2 atom stereocenters. The number of ether oxygens (including phenoxy) is 1. The normalized spacial score (nSPS) is 13.6. The molecule has 0 unspecified atom stereocenters. The summed E-state index contributed by atoms with van der Waals surface area (Å²) in [5.41, 5.74) is 0. The van der Waals surface area contributed by atoms with E-state index in [1.807, 2.05) is 19.8 Å². The zero-order valence-corrected chi connectivity index (χ0v) is 8.66. The van der Waals surface area contributed by atoms with E-state index in [0.717, 1.165) is 6.42 Å². The highest BCUT2D eigenvalue weighted by molar-refractivity contribution is 5.95. The van der Waals surface area contributed by atoms with E-state index < -0.39 is 17.9 Å². The minimum absolute atomic E-state index is 0.000231. The maximum atomic E-state index is 11.3. The topological polar surface area (TPSA) is 55.4 Å². The van der Waals surface area contributed by atoms with Crippen molar-refractivity contribution < 1.29 is 14.3 Å². The lowest BCUT2D eigenvalue weighted by Gasteiger charge is -2.20. The summed E-state index contributed by atoms with van der Waals surface area (Å²) >= 11 is 0. The van der Waals surface area contributed by atoms with Crippen molar-refractivity contribution in [3.63, 3.8) is 0 Å². The van der Waals surface area contributed by atoms with E-state index >= 15 is 0 Å². The minimum atomic E-state index is -0.659. The van der Waals surface area contributed by atoms with Crippen molar-refractivity contribution in [1.29, 1.82) is 0 Å². The molecule has 78 valence electrons. The fraction of sp³-hybridized carbons (Fsp3) is 0.600. The lowest BCUT2D eigenvalue weighted by molar-refractivity contribution is -0.146. The fourth-order valence-corrected chi connectivity index (χ4v) is 0.979. The van der Waals surface area contributed by atoms with Crippen molar-refractivity contribution >= 4 is 11.9 Å².